The van der Waals surface area contributed by atoms with Crippen LogP contribution in [-0.2, 0) is 0 Å². The number of pyridine rings is 1. The summed E-state index contributed by atoms with van der Waals surface area (Å²) in [6.07, 6.45) is 4.53. The van der Waals surface area contributed by atoms with Crippen molar-refractivity contribution in [3.63, 3.8) is 0 Å². The molecule has 1 aliphatic heterocycles. The zero-order valence-electron chi connectivity index (χ0n) is 15.8. The number of piperazine rings is 1. The first-order valence-corrected chi connectivity index (χ1v) is 9.39. The summed E-state index contributed by atoms with van der Waals surface area (Å²) in [6.45, 7) is 5.35. The third kappa shape index (κ3) is 5.06. The van der Waals surface area contributed by atoms with E-state index in [0.29, 0.717) is 18.1 Å². The Balaban J connectivity index is 1.47. The summed E-state index contributed by atoms with van der Waals surface area (Å²) in [7, 11) is 0. The fourth-order valence-electron chi connectivity index (χ4n) is 3.28. The van der Waals surface area contributed by atoms with E-state index in [9.17, 15) is 5.26 Å². The summed E-state index contributed by atoms with van der Waals surface area (Å²) in [6, 6.07) is 15.6. The first-order valence-electron chi connectivity index (χ1n) is 9.39. The first kappa shape index (κ1) is 19.3. The molecule has 3 rings (SSSR count). The van der Waals surface area contributed by atoms with Crippen molar-refractivity contribution in [1.82, 2.24) is 15.2 Å². The van der Waals surface area contributed by atoms with Crippen molar-refractivity contribution in [3.8, 4) is 12.3 Å². The highest BCUT2D eigenvalue weighted by Crippen LogP contribution is 2.21. The van der Waals surface area contributed by atoms with Crippen LogP contribution in [0.4, 0.5) is 5.69 Å². The number of amidine groups is 1. The molecule has 1 aromatic heterocycles. The molecule has 0 spiro atoms. The summed E-state index contributed by atoms with van der Waals surface area (Å²) in [4.78, 5) is 13.4. The molecule has 7 nitrogen and oxygen atoms in total. The van der Waals surface area contributed by atoms with Crippen molar-refractivity contribution in [2.45, 2.75) is 6.42 Å². The molecule has 0 amide bonds. The molecule has 0 aliphatic carbocycles. The second-order valence-electron chi connectivity index (χ2n) is 6.49. The fourth-order valence-corrected chi connectivity index (χ4v) is 3.28. The van der Waals surface area contributed by atoms with Crippen LogP contribution in [-0.4, -0.2) is 55.0 Å². The molecular formula is C21H23N7. The van der Waals surface area contributed by atoms with Gasteiger partial charge in [-0.1, -0.05) is 18.2 Å². The van der Waals surface area contributed by atoms with Crippen LogP contribution in [0, 0.1) is 22.8 Å². The van der Waals surface area contributed by atoms with Crippen molar-refractivity contribution >= 4 is 11.5 Å². The lowest BCUT2D eigenvalue weighted by Gasteiger charge is -2.36. The van der Waals surface area contributed by atoms with Gasteiger partial charge in [0, 0.05) is 45.5 Å². The molecule has 7 heteroatoms. The van der Waals surface area contributed by atoms with Crippen LogP contribution in [0.2, 0.25) is 0 Å². The Morgan fingerprint density at radius 1 is 1.07 bits per heavy atom. The lowest BCUT2D eigenvalue weighted by Crippen LogP contribution is -2.47. The predicted octanol–water partition coefficient (Wildman–Crippen LogP) is 1.98. The molecule has 2 heterocycles. The summed E-state index contributed by atoms with van der Waals surface area (Å²) >= 11 is 0. The minimum absolute atomic E-state index is 0.515. The van der Waals surface area contributed by atoms with Crippen molar-refractivity contribution in [3.05, 3.63) is 59.9 Å². The summed E-state index contributed by atoms with van der Waals surface area (Å²) in [5.74, 6) is 0.515. The third-order valence-corrected chi connectivity index (χ3v) is 4.72. The van der Waals surface area contributed by atoms with E-state index in [2.05, 4.69) is 31.2 Å². The molecule has 1 aliphatic rings. The first-order chi connectivity index (χ1) is 13.8. The van der Waals surface area contributed by atoms with Gasteiger partial charge in [0.05, 0.1) is 11.3 Å². The van der Waals surface area contributed by atoms with E-state index < -0.39 is 0 Å². The van der Waals surface area contributed by atoms with Gasteiger partial charge in [0.15, 0.2) is 12.0 Å². The lowest BCUT2D eigenvalue weighted by atomic mass is 10.1. The number of rotatable bonds is 6. The van der Waals surface area contributed by atoms with E-state index in [1.165, 1.54) is 0 Å². The topological polar surface area (TPSA) is 91.3 Å². The monoisotopic (exact) mass is 373 g/mol. The molecule has 1 aromatic carbocycles. The highest BCUT2D eigenvalue weighted by atomic mass is 15.3. The van der Waals surface area contributed by atoms with Crippen molar-refractivity contribution in [1.29, 1.82) is 10.5 Å². The standard InChI is InChI=1S/C21H23N7/c22-16-18-6-1-2-8-20(18)28-14-12-27(13-15-28)11-5-10-25-21(26-17-23)19-7-3-4-9-24-19/h1-4,6-9H,5,10-15H2,(H,25,26). The Labute approximate surface area is 165 Å². The van der Waals surface area contributed by atoms with Crippen LogP contribution in [0.25, 0.3) is 0 Å². The summed E-state index contributed by atoms with van der Waals surface area (Å²) < 4.78 is 0. The molecule has 1 saturated heterocycles. The number of hydrogen-bond acceptors (Lipinski definition) is 6. The smallest absolute Gasteiger partial charge is 0.182 e. The van der Waals surface area contributed by atoms with E-state index in [1.807, 2.05) is 48.7 Å². The summed E-state index contributed by atoms with van der Waals surface area (Å²) in [5.41, 5.74) is 2.43. The molecule has 0 atom stereocenters. The molecule has 0 radical (unpaired) electrons. The van der Waals surface area contributed by atoms with Crippen LogP contribution in [0.3, 0.4) is 0 Å². The Bertz CT molecular complexity index is 872. The molecule has 0 unspecified atom stereocenters. The Morgan fingerprint density at radius 3 is 2.57 bits per heavy atom. The maximum absolute atomic E-state index is 9.28. The minimum atomic E-state index is 0.515. The van der Waals surface area contributed by atoms with Crippen LogP contribution >= 0.6 is 0 Å². The number of aliphatic imine (C=N–C) groups is 1. The van der Waals surface area contributed by atoms with E-state index in [0.717, 1.165) is 50.4 Å². The summed E-state index contributed by atoms with van der Waals surface area (Å²) in [5, 5.41) is 20.8. The molecule has 2 aromatic rings. The van der Waals surface area contributed by atoms with Gasteiger partial charge in [0.25, 0.3) is 0 Å². The van der Waals surface area contributed by atoms with E-state index in [-0.39, 0.29) is 0 Å². The SMILES string of the molecule is N#CNC(=NCCCN1CCN(c2ccccc2C#N)CC1)c1ccccn1. The quantitative estimate of drug-likeness (QED) is 0.274. The van der Waals surface area contributed by atoms with Crippen molar-refractivity contribution in [2.75, 3.05) is 44.2 Å². The lowest BCUT2D eigenvalue weighted by molar-refractivity contribution is 0.256. The fraction of sp³-hybridized carbons (Fsp3) is 0.333. The van der Waals surface area contributed by atoms with Gasteiger partial charge in [-0.2, -0.15) is 10.5 Å². The zero-order chi connectivity index (χ0) is 19.6. The Hall–Kier alpha value is -3.42. The Morgan fingerprint density at radius 2 is 1.86 bits per heavy atom. The van der Waals surface area contributed by atoms with Gasteiger partial charge in [-0.3, -0.25) is 20.2 Å². The molecule has 28 heavy (non-hydrogen) atoms. The average Bonchev–Trinajstić information content (AvgIpc) is 2.77. The number of nitrogens with one attached hydrogen (secondary N) is 1. The van der Waals surface area contributed by atoms with E-state index in [1.54, 1.807) is 6.20 Å². The molecule has 0 saturated carbocycles. The molecular weight excluding hydrogens is 350 g/mol. The zero-order valence-corrected chi connectivity index (χ0v) is 15.8. The van der Waals surface area contributed by atoms with Gasteiger partial charge in [-0.25, -0.2) is 0 Å². The predicted molar refractivity (Wildman–Crippen MR) is 109 cm³/mol. The van der Waals surface area contributed by atoms with Gasteiger partial charge >= 0.3 is 0 Å². The normalized spacial score (nSPS) is 14.9. The van der Waals surface area contributed by atoms with Gasteiger partial charge < -0.3 is 4.90 Å². The largest absolute Gasteiger partial charge is 0.368 e. The number of benzene rings is 1. The van der Waals surface area contributed by atoms with Crippen LogP contribution in [0.1, 0.15) is 17.7 Å². The molecule has 1 fully saturated rings. The molecule has 1 N–H and O–H groups in total. The Kier molecular flexibility index (Phi) is 6.95. The number of para-hydroxylation sites is 1. The highest BCUT2D eigenvalue weighted by Gasteiger charge is 2.18. The average molecular weight is 373 g/mol. The van der Waals surface area contributed by atoms with Crippen LogP contribution in [0.15, 0.2) is 53.7 Å². The minimum Gasteiger partial charge on any atom is -0.368 e. The second-order valence-corrected chi connectivity index (χ2v) is 6.49. The third-order valence-electron chi connectivity index (χ3n) is 4.72. The highest BCUT2D eigenvalue weighted by molar-refractivity contribution is 5.97. The molecule has 0 bridgehead atoms. The number of aromatic nitrogens is 1. The van der Waals surface area contributed by atoms with E-state index >= 15 is 0 Å². The van der Waals surface area contributed by atoms with Gasteiger partial charge in [0.2, 0.25) is 0 Å². The van der Waals surface area contributed by atoms with Gasteiger partial charge in [-0.05, 0) is 30.7 Å². The number of anilines is 1. The van der Waals surface area contributed by atoms with Crippen LogP contribution < -0.4 is 10.2 Å². The van der Waals surface area contributed by atoms with Crippen molar-refractivity contribution in [2.24, 2.45) is 4.99 Å². The van der Waals surface area contributed by atoms with Gasteiger partial charge in [0.1, 0.15) is 11.8 Å². The number of nitrogens with zero attached hydrogens (tertiary/aromatic N) is 6. The molecule has 142 valence electrons. The van der Waals surface area contributed by atoms with Crippen LogP contribution in [0.5, 0.6) is 0 Å². The number of hydrogen-bond donors (Lipinski definition) is 1. The maximum Gasteiger partial charge on any atom is 0.182 e. The van der Waals surface area contributed by atoms with Crippen molar-refractivity contribution < 1.29 is 0 Å². The maximum atomic E-state index is 9.28. The van der Waals surface area contributed by atoms with E-state index in [4.69, 9.17) is 5.26 Å². The second kappa shape index (κ2) is 10.1. The number of nitriles is 2. The van der Waals surface area contributed by atoms with Gasteiger partial charge in [-0.15, -0.1) is 0 Å².